The van der Waals surface area contributed by atoms with E-state index in [2.05, 4.69) is 10.3 Å². The summed E-state index contributed by atoms with van der Waals surface area (Å²) in [4.78, 5) is 17.0. The van der Waals surface area contributed by atoms with E-state index in [9.17, 15) is 4.79 Å². The third-order valence-electron chi connectivity index (χ3n) is 4.24. The van der Waals surface area contributed by atoms with Gasteiger partial charge in [0.05, 0.1) is 5.52 Å². The second-order valence-electron chi connectivity index (χ2n) is 6.10. The Morgan fingerprint density at radius 1 is 0.962 bits per heavy atom. The lowest BCUT2D eigenvalue weighted by atomic mass is 10.1. The Morgan fingerprint density at radius 3 is 2.54 bits per heavy atom. The van der Waals surface area contributed by atoms with Crippen molar-refractivity contribution in [2.75, 3.05) is 11.1 Å². The molecular formula is C21H18ClN3O. The van der Waals surface area contributed by atoms with Gasteiger partial charge in [-0.25, -0.2) is 0 Å². The number of halogens is 1. The summed E-state index contributed by atoms with van der Waals surface area (Å²) in [6.07, 6.45) is 0. The fraction of sp³-hybridized carbons (Fsp3) is 0.0476. The van der Waals surface area contributed by atoms with Gasteiger partial charge in [0.1, 0.15) is 0 Å². The molecule has 5 heteroatoms. The van der Waals surface area contributed by atoms with Crippen molar-refractivity contribution >= 4 is 51.4 Å². The van der Waals surface area contributed by atoms with Crippen molar-refractivity contribution in [3.05, 3.63) is 78.0 Å². The average molecular weight is 364 g/mol. The smallest absolute Gasteiger partial charge is 0.255 e. The first kappa shape index (κ1) is 17.7. The Kier molecular flexibility index (Phi) is 4.78. The molecular weight excluding hydrogens is 346 g/mol. The maximum Gasteiger partial charge on any atom is 0.255 e. The monoisotopic (exact) mass is 363 g/mol. The van der Waals surface area contributed by atoms with Crippen LogP contribution in [-0.4, -0.2) is 10.9 Å². The highest BCUT2D eigenvalue weighted by Crippen LogP contribution is 2.24. The van der Waals surface area contributed by atoms with Gasteiger partial charge >= 0.3 is 0 Å². The van der Waals surface area contributed by atoms with Gasteiger partial charge < -0.3 is 11.1 Å². The molecule has 0 radical (unpaired) electrons. The second-order valence-corrected chi connectivity index (χ2v) is 6.10. The molecule has 0 aliphatic heterocycles. The summed E-state index contributed by atoms with van der Waals surface area (Å²) in [5.41, 5.74) is 9.74. The number of aryl methyl sites for hydroxylation is 1. The molecule has 0 saturated heterocycles. The molecule has 0 aliphatic carbocycles. The molecule has 0 fully saturated rings. The number of benzene rings is 3. The summed E-state index contributed by atoms with van der Waals surface area (Å²) < 4.78 is 0. The van der Waals surface area contributed by atoms with E-state index < -0.39 is 0 Å². The average Bonchev–Trinajstić information content (AvgIpc) is 2.61. The predicted octanol–water partition coefficient (Wildman–Crippen LogP) is 4.95. The molecule has 0 unspecified atom stereocenters. The van der Waals surface area contributed by atoms with Gasteiger partial charge in [-0.15, -0.1) is 12.4 Å². The van der Waals surface area contributed by atoms with Crippen LogP contribution in [0.25, 0.3) is 21.7 Å². The molecule has 0 saturated carbocycles. The molecule has 26 heavy (non-hydrogen) atoms. The van der Waals surface area contributed by atoms with Crippen molar-refractivity contribution < 1.29 is 4.79 Å². The molecule has 0 bridgehead atoms. The fourth-order valence-electron chi connectivity index (χ4n) is 3.00. The molecule has 4 rings (SSSR count). The van der Waals surface area contributed by atoms with Crippen LogP contribution in [0.15, 0.2) is 66.7 Å². The summed E-state index contributed by atoms with van der Waals surface area (Å²) in [6.45, 7) is 1.91. The maximum absolute atomic E-state index is 12.6. The lowest BCUT2D eigenvalue weighted by molar-refractivity contribution is 0.102. The van der Waals surface area contributed by atoms with Gasteiger partial charge in [-0.1, -0.05) is 30.3 Å². The highest BCUT2D eigenvalue weighted by atomic mass is 35.5. The Bertz CT molecular complexity index is 1120. The number of pyridine rings is 1. The maximum atomic E-state index is 12.6. The first-order valence-electron chi connectivity index (χ1n) is 8.07. The molecule has 3 N–H and O–H groups in total. The molecule has 0 atom stereocenters. The van der Waals surface area contributed by atoms with Crippen molar-refractivity contribution in [3.8, 4) is 0 Å². The summed E-state index contributed by atoms with van der Waals surface area (Å²) >= 11 is 0. The highest BCUT2D eigenvalue weighted by molar-refractivity contribution is 6.07. The van der Waals surface area contributed by atoms with Gasteiger partial charge in [-0.3, -0.25) is 9.78 Å². The standard InChI is InChI=1S/C21H17N3O.ClH/c1-13-10-19(22)18-12-17(8-9-20(18)23-13)24-21(25)16-7-6-14-4-2-3-5-15(14)11-16;/h2-12H,1H3,(H2,22,23)(H,24,25);1H. The van der Waals surface area contributed by atoms with Crippen LogP contribution in [-0.2, 0) is 0 Å². The number of rotatable bonds is 2. The first-order valence-corrected chi connectivity index (χ1v) is 8.07. The number of hydrogen-bond acceptors (Lipinski definition) is 3. The molecule has 130 valence electrons. The van der Waals surface area contributed by atoms with E-state index in [1.807, 2.05) is 73.7 Å². The minimum atomic E-state index is -0.149. The minimum Gasteiger partial charge on any atom is -0.398 e. The fourth-order valence-corrected chi connectivity index (χ4v) is 3.00. The van der Waals surface area contributed by atoms with E-state index in [4.69, 9.17) is 5.73 Å². The van der Waals surface area contributed by atoms with E-state index in [-0.39, 0.29) is 18.3 Å². The third-order valence-corrected chi connectivity index (χ3v) is 4.24. The van der Waals surface area contributed by atoms with Crippen LogP contribution in [0.3, 0.4) is 0 Å². The Hall–Kier alpha value is -3.11. The highest BCUT2D eigenvalue weighted by Gasteiger charge is 2.09. The van der Waals surface area contributed by atoms with E-state index in [0.717, 1.165) is 27.4 Å². The summed E-state index contributed by atoms with van der Waals surface area (Å²) in [5.74, 6) is -0.149. The van der Waals surface area contributed by atoms with Crippen LogP contribution in [0, 0.1) is 6.92 Å². The quantitative estimate of drug-likeness (QED) is 0.529. The number of nitrogens with one attached hydrogen (secondary N) is 1. The summed E-state index contributed by atoms with van der Waals surface area (Å²) in [5, 5.41) is 5.92. The number of nitrogen functional groups attached to an aromatic ring is 1. The normalized spacial score (nSPS) is 10.5. The van der Waals surface area contributed by atoms with Crippen LogP contribution >= 0.6 is 12.4 Å². The molecule has 1 amide bonds. The lowest BCUT2D eigenvalue weighted by Crippen LogP contribution is -2.11. The molecule has 1 heterocycles. The number of nitrogens with two attached hydrogens (primary N) is 1. The number of nitrogens with zero attached hydrogens (tertiary/aromatic N) is 1. The number of carbonyl (C=O) groups is 1. The van der Waals surface area contributed by atoms with E-state index in [1.54, 1.807) is 0 Å². The molecule has 4 aromatic rings. The number of fused-ring (bicyclic) bond motifs is 2. The van der Waals surface area contributed by atoms with Crippen LogP contribution in [0.5, 0.6) is 0 Å². The van der Waals surface area contributed by atoms with Crippen LogP contribution in [0.1, 0.15) is 16.1 Å². The van der Waals surface area contributed by atoms with Crippen LogP contribution in [0.4, 0.5) is 11.4 Å². The number of amides is 1. The zero-order chi connectivity index (χ0) is 17.4. The number of aromatic nitrogens is 1. The van der Waals surface area contributed by atoms with Gasteiger partial charge in [-0.2, -0.15) is 0 Å². The van der Waals surface area contributed by atoms with Crippen molar-refractivity contribution in [1.82, 2.24) is 4.98 Å². The van der Waals surface area contributed by atoms with Crippen LogP contribution in [0.2, 0.25) is 0 Å². The Balaban J connectivity index is 0.00000196. The van der Waals surface area contributed by atoms with Gasteiger partial charge in [0.25, 0.3) is 5.91 Å². The number of hydrogen-bond donors (Lipinski definition) is 2. The predicted molar refractivity (Wildman–Crippen MR) is 110 cm³/mol. The van der Waals surface area contributed by atoms with Gasteiger partial charge in [0, 0.05) is 28.0 Å². The molecule has 3 aromatic carbocycles. The minimum absolute atomic E-state index is 0. The van der Waals surface area contributed by atoms with Crippen molar-refractivity contribution in [2.45, 2.75) is 6.92 Å². The topological polar surface area (TPSA) is 68.0 Å². The van der Waals surface area contributed by atoms with Crippen LogP contribution < -0.4 is 11.1 Å². The molecule has 1 aromatic heterocycles. The number of anilines is 2. The summed E-state index contributed by atoms with van der Waals surface area (Å²) in [7, 11) is 0. The Morgan fingerprint density at radius 2 is 1.73 bits per heavy atom. The first-order chi connectivity index (χ1) is 12.1. The largest absolute Gasteiger partial charge is 0.398 e. The van der Waals surface area contributed by atoms with Crippen molar-refractivity contribution in [3.63, 3.8) is 0 Å². The van der Waals surface area contributed by atoms with Crippen molar-refractivity contribution in [2.24, 2.45) is 0 Å². The SMILES string of the molecule is Cc1cc(N)c2cc(NC(=O)c3ccc4ccccc4c3)ccc2n1.Cl. The molecule has 0 spiro atoms. The van der Waals surface area contributed by atoms with Gasteiger partial charge in [-0.05, 0) is 54.1 Å². The molecule has 0 aliphatic rings. The van der Waals surface area contributed by atoms with E-state index >= 15 is 0 Å². The van der Waals surface area contributed by atoms with Gasteiger partial charge in [0.15, 0.2) is 0 Å². The zero-order valence-electron chi connectivity index (χ0n) is 14.2. The van der Waals surface area contributed by atoms with E-state index in [0.29, 0.717) is 16.9 Å². The second kappa shape index (κ2) is 7.02. The molecule has 4 nitrogen and oxygen atoms in total. The van der Waals surface area contributed by atoms with E-state index in [1.165, 1.54) is 0 Å². The Labute approximate surface area is 157 Å². The number of carbonyl (C=O) groups excluding carboxylic acids is 1. The third kappa shape index (κ3) is 3.32. The lowest BCUT2D eigenvalue weighted by Gasteiger charge is -2.09. The zero-order valence-corrected chi connectivity index (χ0v) is 15.0. The van der Waals surface area contributed by atoms with Crippen molar-refractivity contribution in [1.29, 1.82) is 0 Å². The van der Waals surface area contributed by atoms with Gasteiger partial charge in [0.2, 0.25) is 0 Å². The summed E-state index contributed by atoms with van der Waals surface area (Å²) in [6, 6.07) is 21.0.